The van der Waals surface area contributed by atoms with E-state index in [9.17, 15) is 4.79 Å². The summed E-state index contributed by atoms with van der Waals surface area (Å²) in [5, 5.41) is 0. The van der Waals surface area contributed by atoms with Crippen LogP contribution in [0.4, 0.5) is 0 Å². The van der Waals surface area contributed by atoms with E-state index in [2.05, 4.69) is 4.98 Å². The molecule has 1 aromatic heterocycles. The van der Waals surface area contributed by atoms with Crippen molar-refractivity contribution < 1.29 is 4.79 Å². The van der Waals surface area contributed by atoms with Gasteiger partial charge in [0.1, 0.15) is 5.78 Å². The molecule has 2 aromatic rings. The predicted octanol–water partition coefficient (Wildman–Crippen LogP) is 2.02. The maximum Gasteiger partial charge on any atom is 0.131 e. The van der Waals surface area contributed by atoms with Crippen molar-refractivity contribution in [1.82, 2.24) is 9.55 Å². The summed E-state index contributed by atoms with van der Waals surface area (Å²) in [7, 11) is 0. The van der Waals surface area contributed by atoms with Gasteiger partial charge in [-0.05, 0) is 19.1 Å². The molecule has 0 aliphatic rings. The molecule has 1 aromatic carbocycles. The predicted molar refractivity (Wildman–Crippen MR) is 55.0 cm³/mol. The molecular weight excluding hydrogens is 176 g/mol. The molecule has 0 aliphatic carbocycles. The van der Waals surface area contributed by atoms with Crippen LogP contribution in [-0.4, -0.2) is 15.3 Å². The van der Waals surface area contributed by atoms with Gasteiger partial charge < -0.3 is 4.57 Å². The summed E-state index contributed by atoms with van der Waals surface area (Å²) in [5.41, 5.74) is 2.07. The number of hydrogen-bond acceptors (Lipinski definition) is 2. The molecule has 0 saturated carbocycles. The zero-order valence-corrected chi connectivity index (χ0v) is 8.10. The minimum Gasteiger partial charge on any atom is -0.330 e. The molecule has 3 heteroatoms. The first-order valence-corrected chi connectivity index (χ1v) is 4.66. The number of nitrogens with zero attached hydrogens (tertiary/aromatic N) is 2. The number of ketones is 1. The maximum atomic E-state index is 10.8. The minimum atomic E-state index is 0.211. The molecule has 72 valence electrons. The number of carbonyl (C=O) groups excluding carboxylic acids is 1. The van der Waals surface area contributed by atoms with Crippen molar-refractivity contribution in [2.24, 2.45) is 0 Å². The Balaban J connectivity index is 2.29. The number of Topliss-reactive ketones (excluding diaryl/α,β-unsaturated/α-hetero) is 1. The zero-order chi connectivity index (χ0) is 9.97. The number of hydrogen-bond donors (Lipinski definition) is 0. The van der Waals surface area contributed by atoms with Gasteiger partial charge in [-0.3, -0.25) is 4.79 Å². The molecule has 0 bridgehead atoms. The third-order valence-corrected chi connectivity index (χ3v) is 2.23. The molecule has 0 N–H and O–H groups in total. The number of imidazole rings is 1. The Morgan fingerprint density at radius 2 is 2.21 bits per heavy atom. The van der Waals surface area contributed by atoms with Crippen molar-refractivity contribution >= 4 is 16.8 Å². The van der Waals surface area contributed by atoms with E-state index in [0.29, 0.717) is 6.42 Å². The Kier molecular flexibility index (Phi) is 2.31. The molecule has 0 aliphatic heterocycles. The largest absolute Gasteiger partial charge is 0.330 e. The van der Waals surface area contributed by atoms with Gasteiger partial charge in [0.15, 0.2) is 0 Å². The van der Waals surface area contributed by atoms with Crippen LogP contribution in [0.1, 0.15) is 13.3 Å². The molecule has 1 heterocycles. The van der Waals surface area contributed by atoms with E-state index in [1.165, 1.54) is 0 Å². The SMILES string of the molecule is CC(=O)CCn1cnc2ccccc21. The van der Waals surface area contributed by atoms with E-state index >= 15 is 0 Å². The Hall–Kier alpha value is -1.64. The van der Waals surface area contributed by atoms with Gasteiger partial charge in [0.2, 0.25) is 0 Å². The lowest BCUT2D eigenvalue weighted by Crippen LogP contribution is -2.00. The summed E-state index contributed by atoms with van der Waals surface area (Å²) in [5.74, 6) is 0.211. The van der Waals surface area contributed by atoms with Crippen LogP contribution in [0.3, 0.4) is 0 Å². The van der Waals surface area contributed by atoms with Crippen LogP contribution in [0.5, 0.6) is 0 Å². The molecule has 0 radical (unpaired) electrons. The third kappa shape index (κ3) is 1.66. The summed E-state index contributed by atoms with van der Waals surface area (Å²) >= 11 is 0. The summed E-state index contributed by atoms with van der Waals surface area (Å²) < 4.78 is 2.01. The van der Waals surface area contributed by atoms with Gasteiger partial charge in [0.05, 0.1) is 17.4 Å². The second-order valence-corrected chi connectivity index (χ2v) is 3.38. The van der Waals surface area contributed by atoms with E-state index in [1.807, 2.05) is 28.8 Å². The average Bonchev–Trinajstić information content (AvgIpc) is 2.58. The fourth-order valence-corrected chi connectivity index (χ4v) is 1.47. The lowest BCUT2D eigenvalue weighted by Gasteiger charge is -2.00. The Morgan fingerprint density at radius 3 is 3.00 bits per heavy atom. The smallest absolute Gasteiger partial charge is 0.131 e. The van der Waals surface area contributed by atoms with Gasteiger partial charge >= 0.3 is 0 Å². The molecule has 0 amide bonds. The van der Waals surface area contributed by atoms with Gasteiger partial charge in [-0.15, -0.1) is 0 Å². The van der Waals surface area contributed by atoms with Crippen molar-refractivity contribution in [3.63, 3.8) is 0 Å². The number of carbonyl (C=O) groups is 1. The van der Waals surface area contributed by atoms with Crippen LogP contribution in [0, 0.1) is 0 Å². The number of benzene rings is 1. The number of rotatable bonds is 3. The van der Waals surface area contributed by atoms with Crippen LogP contribution >= 0.6 is 0 Å². The first kappa shape index (κ1) is 8.94. The van der Waals surface area contributed by atoms with Gasteiger partial charge in [0.25, 0.3) is 0 Å². The van der Waals surface area contributed by atoms with E-state index in [-0.39, 0.29) is 5.78 Å². The highest BCUT2D eigenvalue weighted by molar-refractivity contribution is 5.77. The fraction of sp³-hybridized carbons (Fsp3) is 0.273. The van der Waals surface area contributed by atoms with Gasteiger partial charge in [0, 0.05) is 13.0 Å². The second kappa shape index (κ2) is 3.62. The first-order valence-electron chi connectivity index (χ1n) is 4.66. The van der Waals surface area contributed by atoms with Crippen LogP contribution in [-0.2, 0) is 11.3 Å². The highest BCUT2D eigenvalue weighted by atomic mass is 16.1. The van der Waals surface area contributed by atoms with Crippen molar-refractivity contribution in [1.29, 1.82) is 0 Å². The summed E-state index contributed by atoms with van der Waals surface area (Å²) in [4.78, 5) is 15.1. The molecule has 0 saturated heterocycles. The monoisotopic (exact) mass is 188 g/mol. The van der Waals surface area contributed by atoms with Crippen LogP contribution in [0.2, 0.25) is 0 Å². The van der Waals surface area contributed by atoms with Crippen LogP contribution in [0.15, 0.2) is 30.6 Å². The number of aromatic nitrogens is 2. The highest BCUT2D eigenvalue weighted by Crippen LogP contribution is 2.11. The Bertz CT molecular complexity index is 459. The first-order chi connectivity index (χ1) is 6.77. The quantitative estimate of drug-likeness (QED) is 0.738. The van der Waals surface area contributed by atoms with Crippen molar-refractivity contribution in [3.05, 3.63) is 30.6 Å². The molecule has 0 atom stereocenters. The molecule has 14 heavy (non-hydrogen) atoms. The topological polar surface area (TPSA) is 34.9 Å². The van der Waals surface area contributed by atoms with E-state index in [1.54, 1.807) is 13.3 Å². The Labute approximate surface area is 82.4 Å². The lowest BCUT2D eigenvalue weighted by atomic mass is 10.3. The third-order valence-electron chi connectivity index (χ3n) is 2.23. The normalized spacial score (nSPS) is 10.6. The molecular formula is C11H12N2O. The summed E-state index contributed by atoms with van der Waals surface area (Å²) in [6.45, 7) is 2.33. The Morgan fingerprint density at radius 1 is 1.43 bits per heavy atom. The second-order valence-electron chi connectivity index (χ2n) is 3.38. The van der Waals surface area contributed by atoms with E-state index in [4.69, 9.17) is 0 Å². The molecule has 3 nitrogen and oxygen atoms in total. The number of fused-ring (bicyclic) bond motifs is 1. The van der Waals surface area contributed by atoms with Crippen LogP contribution < -0.4 is 0 Å². The van der Waals surface area contributed by atoms with Crippen molar-refractivity contribution in [2.75, 3.05) is 0 Å². The van der Waals surface area contributed by atoms with Crippen LogP contribution in [0.25, 0.3) is 11.0 Å². The highest BCUT2D eigenvalue weighted by Gasteiger charge is 2.01. The molecule has 0 fully saturated rings. The van der Waals surface area contributed by atoms with Crippen molar-refractivity contribution in [3.8, 4) is 0 Å². The standard InChI is InChI=1S/C11H12N2O/c1-9(14)6-7-13-8-12-10-4-2-3-5-11(10)13/h2-5,8H,6-7H2,1H3. The lowest BCUT2D eigenvalue weighted by molar-refractivity contribution is -0.117. The number of aryl methyl sites for hydroxylation is 1. The fourth-order valence-electron chi connectivity index (χ4n) is 1.47. The van der Waals surface area contributed by atoms with Gasteiger partial charge in [-0.1, -0.05) is 12.1 Å². The maximum absolute atomic E-state index is 10.8. The minimum absolute atomic E-state index is 0.211. The van der Waals surface area contributed by atoms with E-state index < -0.39 is 0 Å². The molecule has 2 rings (SSSR count). The molecule has 0 spiro atoms. The summed E-state index contributed by atoms with van der Waals surface area (Å²) in [6, 6.07) is 7.93. The summed E-state index contributed by atoms with van der Waals surface area (Å²) in [6.07, 6.45) is 2.36. The molecule has 0 unspecified atom stereocenters. The van der Waals surface area contributed by atoms with E-state index in [0.717, 1.165) is 17.6 Å². The number of para-hydroxylation sites is 2. The van der Waals surface area contributed by atoms with Gasteiger partial charge in [-0.2, -0.15) is 0 Å². The van der Waals surface area contributed by atoms with Gasteiger partial charge in [-0.25, -0.2) is 4.98 Å². The average molecular weight is 188 g/mol. The zero-order valence-electron chi connectivity index (χ0n) is 8.10. The van der Waals surface area contributed by atoms with Crippen molar-refractivity contribution in [2.45, 2.75) is 19.9 Å².